The molecule has 0 aromatic heterocycles. The van der Waals surface area contributed by atoms with Gasteiger partial charge >= 0.3 is 5.97 Å². The monoisotopic (exact) mass is 374 g/mol. The minimum absolute atomic E-state index is 0.137. The van der Waals surface area contributed by atoms with Crippen LogP contribution >= 0.6 is 23.2 Å². The SMILES string of the molecule is CCN(CC)C(C(=O)NCCCC(=O)OC)c1cc(Cl)cc(Cl)c1. The van der Waals surface area contributed by atoms with Crippen LogP contribution in [0.25, 0.3) is 0 Å². The molecule has 0 radical (unpaired) electrons. The first-order valence-electron chi connectivity index (χ1n) is 7.97. The summed E-state index contributed by atoms with van der Waals surface area (Å²) >= 11 is 12.2. The number of amides is 1. The number of methoxy groups -OCH3 is 1. The number of hydrogen-bond donors (Lipinski definition) is 1. The minimum Gasteiger partial charge on any atom is -0.469 e. The highest BCUT2D eigenvalue weighted by atomic mass is 35.5. The number of halogens is 2. The Hall–Kier alpha value is -1.30. The van der Waals surface area contributed by atoms with Gasteiger partial charge in [-0.1, -0.05) is 37.0 Å². The second kappa shape index (κ2) is 10.5. The van der Waals surface area contributed by atoms with Crippen LogP contribution in [0.4, 0.5) is 0 Å². The molecule has 1 N–H and O–H groups in total. The number of nitrogens with zero attached hydrogens (tertiary/aromatic N) is 1. The summed E-state index contributed by atoms with van der Waals surface area (Å²) in [5.41, 5.74) is 0.752. The first kappa shape index (κ1) is 20.7. The minimum atomic E-state index is -0.477. The van der Waals surface area contributed by atoms with Crippen molar-refractivity contribution in [1.29, 1.82) is 0 Å². The van der Waals surface area contributed by atoms with Crippen molar-refractivity contribution >= 4 is 35.1 Å². The summed E-state index contributed by atoms with van der Waals surface area (Å²) < 4.78 is 4.58. The molecule has 1 rings (SSSR count). The van der Waals surface area contributed by atoms with Crippen LogP contribution in [0.3, 0.4) is 0 Å². The van der Waals surface area contributed by atoms with E-state index in [1.807, 2.05) is 18.7 Å². The Kier molecular flexibility index (Phi) is 9.11. The third-order valence-electron chi connectivity index (χ3n) is 3.71. The van der Waals surface area contributed by atoms with Gasteiger partial charge in [-0.15, -0.1) is 0 Å². The highest BCUT2D eigenvalue weighted by Crippen LogP contribution is 2.27. The lowest BCUT2D eigenvalue weighted by molar-refractivity contribution is -0.140. The molecule has 7 heteroatoms. The van der Waals surface area contributed by atoms with Crippen LogP contribution in [0.1, 0.15) is 38.3 Å². The molecule has 1 aromatic rings. The Labute approximate surface area is 153 Å². The van der Waals surface area contributed by atoms with Crippen LogP contribution in [0.2, 0.25) is 10.0 Å². The van der Waals surface area contributed by atoms with Gasteiger partial charge in [-0.3, -0.25) is 14.5 Å². The van der Waals surface area contributed by atoms with Crippen molar-refractivity contribution in [2.75, 3.05) is 26.7 Å². The van der Waals surface area contributed by atoms with Crippen molar-refractivity contribution in [3.05, 3.63) is 33.8 Å². The Balaban J connectivity index is 2.85. The predicted molar refractivity (Wildman–Crippen MR) is 96.4 cm³/mol. The van der Waals surface area contributed by atoms with Gasteiger partial charge in [0.05, 0.1) is 7.11 Å². The van der Waals surface area contributed by atoms with Crippen molar-refractivity contribution < 1.29 is 14.3 Å². The summed E-state index contributed by atoms with van der Waals surface area (Å²) in [6.07, 6.45) is 0.801. The topological polar surface area (TPSA) is 58.6 Å². The largest absolute Gasteiger partial charge is 0.469 e. The molecule has 0 saturated heterocycles. The van der Waals surface area contributed by atoms with Gasteiger partial charge < -0.3 is 10.1 Å². The smallest absolute Gasteiger partial charge is 0.305 e. The van der Waals surface area contributed by atoms with Gasteiger partial charge in [0, 0.05) is 23.0 Å². The molecule has 0 spiro atoms. The Morgan fingerprint density at radius 1 is 1.17 bits per heavy atom. The third kappa shape index (κ3) is 6.30. The lowest BCUT2D eigenvalue weighted by Gasteiger charge is -2.29. The fourth-order valence-electron chi connectivity index (χ4n) is 2.49. The number of esters is 1. The first-order valence-corrected chi connectivity index (χ1v) is 8.73. The predicted octanol–water partition coefficient (Wildman–Crippen LogP) is 3.45. The lowest BCUT2D eigenvalue weighted by atomic mass is 10.0. The van der Waals surface area contributed by atoms with E-state index in [4.69, 9.17) is 23.2 Å². The van der Waals surface area contributed by atoms with E-state index in [2.05, 4.69) is 10.1 Å². The van der Waals surface area contributed by atoms with Gasteiger partial charge in [0.1, 0.15) is 6.04 Å². The fourth-order valence-corrected chi connectivity index (χ4v) is 3.04. The molecule has 1 atom stereocenters. The second-order valence-corrected chi connectivity index (χ2v) is 6.17. The Morgan fingerprint density at radius 2 is 1.75 bits per heavy atom. The summed E-state index contributed by atoms with van der Waals surface area (Å²) in [5.74, 6) is -0.423. The van der Waals surface area contributed by atoms with Crippen molar-refractivity contribution in [1.82, 2.24) is 10.2 Å². The van der Waals surface area contributed by atoms with Crippen LogP contribution < -0.4 is 5.32 Å². The quantitative estimate of drug-likeness (QED) is 0.531. The standard InChI is InChI=1S/C17H24Cl2N2O3/c1-4-21(5-2)16(12-9-13(18)11-14(19)10-12)17(23)20-8-6-7-15(22)24-3/h9-11,16H,4-8H2,1-3H3,(H,20,23). The number of carbonyl (C=O) groups excluding carboxylic acids is 2. The van der Waals surface area contributed by atoms with Crippen molar-refractivity contribution in [3.8, 4) is 0 Å². The van der Waals surface area contributed by atoms with E-state index in [-0.39, 0.29) is 18.3 Å². The Bertz CT molecular complexity index is 543. The Morgan fingerprint density at radius 3 is 2.25 bits per heavy atom. The van der Waals surface area contributed by atoms with Crippen LogP contribution in [0.15, 0.2) is 18.2 Å². The number of likely N-dealkylation sites (N-methyl/N-ethyl adjacent to an activating group) is 1. The molecule has 1 unspecified atom stereocenters. The molecule has 0 aliphatic heterocycles. The second-order valence-electron chi connectivity index (χ2n) is 5.30. The number of ether oxygens (including phenoxy) is 1. The van der Waals surface area contributed by atoms with E-state index in [9.17, 15) is 9.59 Å². The van der Waals surface area contributed by atoms with Crippen molar-refractivity contribution in [2.45, 2.75) is 32.7 Å². The van der Waals surface area contributed by atoms with Crippen molar-refractivity contribution in [3.63, 3.8) is 0 Å². The summed E-state index contributed by atoms with van der Waals surface area (Å²) in [5, 5.41) is 3.86. The third-order valence-corrected chi connectivity index (χ3v) is 4.15. The van der Waals surface area contributed by atoms with Gasteiger partial charge in [0.15, 0.2) is 0 Å². The van der Waals surface area contributed by atoms with E-state index >= 15 is 0 Å². The maximum Gasteiger partial charge on any atom is 0.305 e. The zero-order chi connectivity index (χ0) is 18.1. The van der Waals surface area contributed by atoms with E-state index in [1.54, 1.807) is 18.2 Å². The molecule has 1 amide bonds. The van der Waals surface area contributed by atoms with Gasteiger partial charge in [0.25, 0.3) is 0 Å². The normalized spacial score (nSPS) is 12.1. The molecule has 0 aliphatic rings. The van der Waals surface area contributed by atoms with Crippen LogP contribution in [-0.4, -0.2) is 43.5 Å². The average Bonchev–Trinajstić information content (AvgIpc) is 2.54. The maximum absolute atomic E-state index is 12.7. The van der Waals surface area contributed by atoms with Crippen LogP contribution in [0.5, 0.6) is 0 Å². The molecule has 1 aromatic carbocycles. The van der Waals surface area contributed by atoms with E-state index in [0.29, 0.717) is 36.1 Å². The molecule has 0 bridgehead atoms. The number of hydrogen-bond acceptors (Lipinski definition) is 4. The lowest BCUT2D eigenvalue weighted by Crippen LogP contribution is -2.41. The van der Waals surface area contributed by atoms with Gasteiger partial charge in [-0.25, -0.2) is 0 Å². The summed E-state index contributed by atoms with van der Waals surface area (Å²) in [7, 11) is 1.35. The van der Waals surface area contributed by atoms with Gasteiger partial charge in [-0.2, -0.15) is 0 Å². The molecule has 24 heavy (non-hydrogen) atoms. The first-order chi connectivity index (χ1) is 11.4. The molecule has 0 heterocycles. The summed E-state index contributed by atoms with van der Waals surface area (Å²) in [6.45, 7) is 5.81. The fraction of sp³-hybridized carbons (Fsp3) is 0.529. The van der Waals surface area contributed by atoms with Crippen molar-refractivity contribution in [2.24, 2.45) is 0 Å². The maximum atomic E-state index is 12.7. The van der Waals surface area contributed by atoms with E-state index < -0.39 is 6.04 Å². The van der Waals surface area contributed by atoms with Gasteiger partial charge in [-0.05, 0) is 43.3 Å². The van der Waals surface area contributed by atoms with E-state index in [0.717, 1.165) is 5.56 Å². The number of benzene rings is 1. The molecule has 0 aliphatic carbocycles. The summed E-state index contributed by atoms with van der Waals surface area (Å²) in [6, 6.07) is 4.67. The van der Waals surface area contributed by atoms with Crippen LogP contribution in [-0.2, 0) is 14.3 Å². The number of nitrogens with one attached hydrogen (secondary N) is 1. The van der Waals surface area contributed by atoms with Gasteiger partial charge in [0.2, 0.25) is 5.91 Å². The highest BCUT2D eigenvalue weighted by molar-refractivity contribution is 6.34. The molecule has 0 fully saturated rings. The zero-order valence-corrected chi connectivity index (χ0v) is 15.8. The molecule has 134 valence electrons. The molecule has 0 saturated carbocycles. The van der Waals surface area contributed by atoms with E-state index in [1.165, 1.54) is 7.11 Å². The zero-order valence-electron chi connectivity index (χ0n) is 14.3. The van der Waals surface area contributed by atoms with Crippen LogP contribution in [0, 0.1) is 0 Å². The average molecular weight is 375 g/mol. The highest BCUT2D eigenvalue weighted by Gasteiger charge is 2.26. The number of rotatable bonds is 9. The molecular formula is C17H24Cl2N2O3. The number of carbonyl (C=O) groups is 2. The summed E-state index contributed by atoms with van der Waals surface area (Å²) in [4.78, 5) is 25.8. The molecular weight excluding hydrogens is 351 g/mol. The molecule has 5 nitrogen and oxygen atoms in total.